The lowest BCUT2D eigenvalue weighted by Crippen LogP contribution is -2.28. The van der Waals surface area contributed by atoms with Gasteiger partial charge in [0.05, 0.1) is 0 Å². The maximum absolute atomic E-state index is 11.0. The van der Waals surface area contributed by atoms with Gasteiger partial charge in [0, 0.05) is 35.4 Å². The molecule has 2 atom stereocenters. The summed E-state index contributed by atoms with van der Waals surface area (Å²) in [5.74, 6) is 1.02. The molecule has 94 valence electrons. The number of hydrogen-bond donors (Lipinski definition) is 2. The third-order valence-corrected chi connectivity index (χ3v) is 4.00. The fourth-order valence-electron chi connectivity index (χ4n) is 2.38. The second-order valence-corrected chi connectivity index (χ2v) is 6.11. The molecule has 0 aromatic heterocycles. The average Bonchev–Trinajstić information content (AvgIpc) is 2.29. The van der Waals surface area contributed by atoms with Crippen molar-refractivity contribution in [2.75, 3.05) is 18.6 Å². The molecule has 1 aromatic rings. The van der Waals surface area contributed by atoms with Crippen molar-refractivity contribution in [3.05, 3.63) is 29.3 Å². The molecule has 0 aliphatic heterocycles. The zero-order valence-corrected chi connectivity index (χ0v) is 10.9. The van der Waals surface area contributed by atoms with Crippen LogP contribution in [0.1, 0.15) is 30.0 Å². The Morgan fingerprint density at radius 1 is 1.53 bits per heavy atom. The second-order valence-electron chi connectivity index (χ2n) is 4.56. The zero-order valence-electron chi connectivity index (χ0n) is 10.1. The van der Waals surface area contributed by atoms with Crippen LogP contribution < -0.4 is 5.32 Å². The topological polar surface area (TPSA) is 49.3 Å². The van der Waals surface area contributed by atoms with Crippen molar-refractivity contribution in [2.45, 2.75) is 25.3 Å². The molecule has 0 bridgehead atoms. The number of phenolic OH excluding ortho intramolecular Hbond substituents is 1. The number of nitrogens with one attached hydrogen (secondary N) is 1. The zero-order chi connectivity index (χ0) is 12.3. The van der Waals surface area contributed by atoms with E-state index in [-0.39, 0.29) is 0 Å². The Bertz CT molecular complexity index is 420. The van der Waals surface area contributed by atoms with E-state index in [1.807, 2.05) is 12.1 Å². The molecular weight excluding hydrogens is 234 g/mol. The Labute approximate surface area is 105 Å². The van der Waals surface area contributed by atoms with Crippen LogP contribution in [-0.4, -0.2) is 27.9 Å². The summed E-state index contributed by atoms with van der Waals surface area (Å²) in [6.07, 6.45) is 5.08. The van der Waals surface area contributed by atoms with Gasteiger partial charge >= 0.3 is 0 Å². The van der Waals surface area contributed by atoms with E-state index in [2.05, 4.69) is 5.32 Å². The molecule has 0 amide bonds. The Kier molecular flexibility index (Phi) is 4.18. The molecule has 2 unspecified atom stereocenters. The monoisotopic (exact) mass is 253 g/mol. The van der Waals surface area contributed by atoms with E-state index >= 15 is 0 Å². The van der Waals surface area contributed by atoms with Crippen molar-refractivity contribution < 1.29 is 9.32 Å². The first-order valence-corrected chi connectivity index (χ1v) is 7.75. The van der Waals surface area contributed by atoms with Gasteiger partial charge in [0.25, 0.3) is 0 Å². The minimum absolute atomic E-state index is 0.300. The van der Waals surface area contributed by atoms with Gasteiger partial charge in [-0.1, -0.05) is 6.07 Å². The first-order chi connectivity index (χ1) is 8.16. The highest BCUT2D eigenvalue weighted by Crippen LogP contribution is 2.31. The Hall–Kier alpha value is -0.870. The summed E-state index contributed by atoms with van der Waals surface area (Å²) in [6.45, 7) is 0.767. The Morgan fingerprint density at radius 2 is 2.35 bits per heavy atom. The maximum atomic E-state index is 11.0. The van der Waals surface area contributed by atoms with Gasteiger partial charge in [0.1, 0.15) is 5.75 Å². The number of benzene rings is 1. The third kappa shape index (κ3) is 3.30. The largest absolute Gasteiger partial charge is 0.508 e. The fraction of sp³-hybridized carbons (Fsp3) is 0.538. The number of aryl methyl sites for hydroxylation is 1. The van der Waals surface area contributed by atoms with Crippen LogP contribution in [0.5, 0.6) is 5.75 Å². The molecule has 0 fully saturated rings. The summed E-state index contributed by atoms with van der Waals surface area (Å²) in [4.78, 5) is 0. The van der Waals surface area contributed by atoms with Crippen LogP contribution in [0, 0.1) is 0 Å². The lowest BCUT2D eigenvalue weighted by Gasteiger charge is -2.26. The predicted molar refractivity (Wildman–Crippen MR) is 70.7 cm³/mol. The van der Waals surface area contributed by atoms with Crippen molar-refractivity contribution >= 4 is 10.8 Å². The van der Waals surface area contributed by atoms with Gasteiger partial charge in [-0.25, -0.2) is 0 Å². The predicted octanol–water partition coefficient (Wildman–Crippen LogP) is 1.74. The molecule has 0 saturated heterocycles. The number of phenols is 1. The first kappa shape index (κ1) is 12.6. The summed E-state index contributed by atoms with van der Waals surface area (Å²) in [6, 6.07) is 5.92. The van der Waals surface area contributed by atoms with Gasteiger partial charge < -0.3 is 10.4 Å². The molecule has 1 aromatic carbocycles. The highest BCUT2D eigenvalue weighted by molar-refractivity contribution is 7.84. The molecule has 0 spiro atoms. The molecular formula is C13H19NO2S. The maximum Gasteiger partial charge on any atom is 0.115 e. The first-order valence-electron chi connectivity index (χ1n) is 6.02. The van der Waals surface area contributed by atoms with Gasteiger partial charge in [0.2, 0.25) is 0 Å². The number of rotatable bonds is 4. The minimum Gasteiger partial charge on any atom is -0.508 e. The van der Waals surface area contributed by atoms with E-state index < -0.39 is 10.8 Å². The van der Waals surface area contributed by atoms with E-state index in [4.69, 9.17) is 0 Å². The quantitative estimate of drug-likeness (QED) is 0.859. The molecule has 0 radical (unpaired) electrons. The fourth-order valence-corrected chi connectivity index (χ4v) is 2.78. The van der Waals surface area contributed by atoms with E-state index in [0.717, 1.165) is 19.4 Å². The summed E-state index contributed by atoms with van der Waals surface area (Å²) >= 11 is 0. The molecule has 2 rings (SSSR count). The lowest BCUT2D eigenvalue weighted by molar-refractivity contribution is 0.453. The molecule has 0 saturated carbocycles. The van der Waals surface area contributed by atoms with Crippen LogP contribution >= 0.6 is 0 Å². The van der Waals surface area contributed by atoms with Crippen LogP contribution in [0.4, 0.5) is 0 Å². The smallest absolute Gasteiger partial charge is 0.115 e. The molecule has 3 nitrogen and oxygen atoms in total. The van der Waals surface area contributed by atoms with Gasteiger partial charge in [-0.15, -0.1) is 0 Å². The van der Waals surface area contributed by atoms with Gasteiger partial charge in [0.15, 0.2) is 0 Å². The van der Waals surface area contributed by atoms with Crippen molar-refractivity contribution in [3.8, 4) is 5.75 Å². The summed E-state index contributed by atoms with van der Waals surface area (Å²) in [7, 11) is -0.744. The molecule has 2 N–H and O–H groups in total. The normalized spacial score (nSPS) is 20.9. The summed E-state index contributed by atoms with van der Waals surface area (Å²) in [5.41, 5.74) is 2.53. The highest BCUT2D eigenvalue weighted by Gasteiger charge is 2.19. The van der Waals surface area contributed by atoms with Crippen LogP contribution in [0.25, 0.3) is 0 Å². The van der Waals surface area contributed by atoms with E-state index in [9.17, 15) is 9.32 Å². The van der Waals surface area contributed by atoms with E-state index in [1.165, 1.54) is 17.5 Å². The van der Waals surface area contributed by atoms with E-state index in [0.29, 0.717) is 17.5 Å². The van der Waals surface area contributed by atoms with Gasteiger partial charge in [-0.05, 0) is 42.5 Å². The number of fused-ring (bicyclic) bond motifs is 1. The van der Waals surface area contributed by atoms with Crippen molar-refractivity contribution in [2.24, 2.45) is 0 Å². The van der Waals surface area contributed by atoms with Crippen LogP contribution in [0.3, 0.4) is 0 Å². The molecule has 1 aliphatic rings. The third-order valence-electron chi connectivity index (χ3n) is 3.22. The second kappa shape index (κ2) is 5.65. The number of aromatic hydroxyl groups is 1. The minimum atomic E-state index is -0.744. The van der Waals surface area contributed by atoms with Crippen LogP contribution in [0.15, 0.2) is 18.2 Å². The van der Waals surface area contributed by atoms with Crippen LogP contribution in [-0.2, 0) is 17.2 Å². The highest BCUT2D eigenvalue weighted by atomic mass is 32.2. The van der Waals surface area contributed by atoms with Crippen molar-refractivity contribution in [1.82, 2.24) is 5.32 Å². The molecule has 1 aliphatic carbocycles. The Balaban J connectivity index is 2.05. The summed E-state index contributed by atoms with van der Waals surface area (Å²) < 4.78 is 11.0. The van der Waals surface area contributed by atoms with Gasteiger partial charge in [-0.3, -0.25) is 4.21 Å². The molecule has 17 heavy (non-hydrogen) atoms. The van der Waals surface area contributed by atoms with Crippen molar-refractivity contribution in [1.29, 1.82) is 0 Å². The lowest BCUT2D eigenvalue weighted by atomic mass is 9.87. The van der Waals surface area contributed by atoms with Gasteiger partial charge in [-0.2, -0.15) is 0 Å². The van der Waals surface area contributed by atoms with Crippen LogP contribution in [0.2, 0.25) is 0 Å². The van der Waals surface area contributed by atoms with E-state index in [1.54, 1.807) is 12.3 Å². The van der Waals surface area contributed by atoms with Crippen molar-refractivity contribution in [3.63, 3.8) is 0 Å². The standard InChI is InChI=1S/C13H19NO2S/c1-17(16)8-7-14-13-4-2-3-10-5-6-11(15)9-12(10)13/h5-6,9,13-15H,2-4,7-8H2,1H3. The molecule has 0 heterocycles. The Morgan fingerprint density at radius 3 is 3.12 bits per heavy atom. The molecule has 4 heteroatoms. The average molecular weight is 253 g/mol. The SMILES string of the molecule is CS(=O)CCNC1CCCc2ccc(O)cc21. The number of hydrogen-bond acceptors (Lipinski definition) is 3. The summed E-state index contributed by atoms with van der Waals surface area (Å²) in [5, 5.41) is 13.0.